The van der Waals surface area contributed by atoms with E-state index in [0.29, 0.717) is 11.3 Å². The normalized spacial score (nSPS) is 11.4. The van der Waals surface area contributed by atoms with E-state index in [0.717, 1.165) is 23.2 Å². The van der Waals surface area contributed by atoms with Gasteiger partial charge in [0, 0.05) is 17.6 Å². The fourth-order valence-corrected chi connectivity index (χ4v) is 3.76. The molecule has 3 aromatic heterocycles. The van der Waals surface area contributed by atoms with Crippen molar-refractivity contribution in [2.24, 2.45) is 0 Å². The van der Waals surface area contributed by atoms with Crippen molar-refractivity contribution in [1.82, 2.24) is 20.2 Å². The van der Waals surface area contributed by atoms with Crippen LogP contribution in [0, 0.1) is 0 Å². The van der Waals surface area contributed by atoms with Crippen molar-refractivity contribution in [1.29, 1.82) is 0 Å². The maximum atomic E-state index is 13.5. The van der Waals surface area contributed by atoms with E-state index in [2.05, 4.69) is 36.2 Å². The maximum Gasteiger partial charge on any atom is 0.416 e. The second-order valence-corrected chi connectivity index (χ2v) is 8.44. The quantitative estimate of drug-likeness (QED) is 0.230. The van der Waals surface area contributed by atoms with E-state index in [1.165, 1.54) is 23.3 Å². The number of carbonyl (C=O) groups excluding carboxylic acids is 2. The summed E-state index contributed by atoms with van der Waals surface area (Å²) >= 11 is 0. The van der Waals surface area contributed by atoms with E-state index in [1.54, 1.807) is 42.6 Å². The lowest BCUT2D eigenvalue weighted by Crippen LogP contribution is -2.35. The van der Waals surface area contributed by atoms with E-state index in [4.69, 9.17) is 4.52 Å². The van der Waals surface area contributed by atoms with Gasteiger partial charge in [0.2, 0.25) is 17.7 Å². The molecule has 11 nitrogen and oxygen atoms in total. The Morgan fingerprint density at radius 2 is 1.79 bits per heavy atom. The largest absolute Gasteiger partial charge is 0.416 e. The number of nitrogens with zero attached hydrogens (tertiary/aromatic N) is 4. The number of hydrogen-bond acceptors (Lipinski definition) is 6. The molecule has 14 heteroatoms. The monoisotopic (exact) mass is 537 g/mol. The van der Waals surface area contributed by atoms with Gasteiger partial charge in [0.1, 0.15) is 5.69 Å². The molecule has 0 aliphatic carbocycles. The summed E-state index contributed by atoms with van der Waals surface area (Å²) in [6.45, 7) is 0.278. The van der Waals surface area contributed by atoms with Crippen LogP contribution in [0.15, 0.2) is 77.8 Å². The van der Waals surface area contributed by atoms with Crippen LogP contribution in [0.3, 0.4) is 0 Å². The zero-order chi connectivity index (χ0) is 27.4. The number of aromatic nitrogens is 5. The topological polar surface area (TPSA) is 142 Å². The van der Waals surface area contributed by atoms with Crippen LogP contribution in [-0.4, -0.2) is 32.2 Å². The molecule has 3 heterocycles. The molecule has 3 amide bonds. The van der Waals surface area contributed by atoms with Gasteiger partial charge in [-0.25, -0.2) is 9.78 Å². The van der Waals surface area contributed by atoms with Crippen molar-refractivity contribution in [3.8, 4) is 0 Å². The Bertz CT molecular complexity index is 1630. The lowest BCUT2D eigenvalue weighted by molar-refractivity contribution is -0.755. The average Bonchev–Trinajstić information content (AvgIpc) is 3.52. The Balaban J connectivity index is 1.26. The van der Waals surface area contributed by atoms with E-state index >= 15 is 0 Å². The van der Waals surface area contributed by atoms with Gasteiger partial charge < -0.3 is 15.6 Å². The summed E-state index contributed by atoms with van der Waals surface area (Å²) in [4.78, 5) is 36.2. The predicted octanol–water partition coefficient (Wildman–Crippen LogP) is 4.13. The van der Waals surface area contributed by atoms with Crippen molar-refractivity contribution in [3.63, 3.8) is 0 Å². The molecular formula is C25H20F3N8O3+. The van der Waals surface area contributed by atoms with Crippen LogP contribution in [-0.2, 0) is 23.9 Å². The Morgan fingerprint density at radius 3 is 2.56 bits per heavy atom. The SMILES string of the molecule is O=C(Cc1ccc2nc[nH]c2c1)Nc1cc(NC(=O)Nc2c[n+](Cc3ccccn3)no2)cc(C(F)(F)F)c1. The van der Waals surface area contributed by atoms with Crippen LogP contribution < -0.4 is 20.6 Å². The zero-order valence-electron chi connectivity index (χ0n) is 20.0. The number of nitrogens with one attached hydrogen (secondary N) is 4. The minimum atomic E-state index is -4.72. The summed E-state index contributed by atoms with van der Waals surface area (Å²) in [5.41, 5.74) is 1.40. The zero-order valence-corrected chi connectivity index (χ0v) is 20.0. The first kappa shape index (κ1) is 25.4. The lowest BCUT2D eigenvalue weighted by Gasteiger charge is -2.14. The highest BCUT2D eigenvalue weighted by Crippen LogP contribution is 2.33. The number of anilines is 3. The fraction of sp³-hybridized carbons (Fsp3) is 0.120. The van der Waals surface area contributed by atoms with Gasteiger partial charge in [-0.1, -0.05) is 12.1 Å². The number of aromatic amines is 1. The number of halogens is 3. The molecule has 0 radical (unpaired) electrons. The van der Waals surface area contributed by atoms with E-state index in [-0.39, 0.29) is 30.2 Å². The molecular weight excluding hydrogens is 517 g/mol. The summed E-state index contributed by atoms with van der Waals surface area (Å²) in [6.07, 6.45) is -0.273. The van der Waals surface area contributed by atoms with Crippen molar-refractivity contribution in [2.75, 3.05) is 16.0 Å². The summed E-state index contributed by atoms with van der Waals surface area (Å²) in [6, 6.07) is 12.4. The Kier molecular flexibility index (Phi) is 6.91. The number of alkyl halides is 3. The number of carbonyl (C=O) groups is 2. The molecule has 0 atom stereocenters. The number of H-pyrrole nitrogens is 1. The number of urea groups is 1. The predicted molar refractivity (Wildman–Crippen MR) is 133 cm³/mol. The van der Waals surface area contributed by atoms with Crippen LogP contribution in [0.2, 0.25) is 0 Å². The first-order valence-electron chi connectivity index (χ1n) is 11.5. The van der Waals surface area contributed by atoms with E-state index in [1.807, 2.05) is 0 Å². The van der Waals surface area contributed by atoms with E-state index in [9.17, 15) is 22.8 Å². The first-order chi connectivity index (χ1) is 18.7. The third-order valence-electron chi connectivity index (χ3n) is 5.45. The second-order valence-electron chi connectivity index (χ2n) is 8.44. The molecule has 0 saturated heterocycles. The molecule has 39 heavy (non-hydrogen) atoms. The number of fused-ring (bicyclic) bond motifs is 1. The highest BCUT2D eigenvalue weighted by molar-refractivity contribution is 6.00. The van der Waals surface area contributed by atoms with Crippen molar-refractivity contribution < 1.29 is 32.0 Å². The first-order valence-corrected chi connectivity index (χ1v) is 11.5. The van der Waals surface area contributed by atoms with Gasteiger partial charge in [-0.15, -0.1) is 0 Å². The summed E-state index contributed by atoms with van der Waals surface area (Å²) in [5, 5.41) is 10.9. The number of benzene rings is 2. The molecule has 0 saturated carbocycles. The van der Waals surface area contributed by atoms with Crippen LogP contribution in [0.5, 0.6) is 0 Å². The molecule has 0 unspecified atom stereocenters. The molecule has 4 N–H and O–H groups in total. The van der Waals surface area contributed by atoms with Crippen LogP contribution >= 0.6 is 0 Å². The Labute approximate surface area is 218 Å². The van der Waals surface area contributed by atoms with E-state index < -0.39 is 23.7 Å². The number of amides is 3. The van der Waals surface area contributed by atoms with Crippen LogP contribution in [0.1, 0.15) is 16.8 Å². The standard InChI is InChI=1S/C25H19F3N8O3/c26-25(27,28)16-9-18(32-22(37)8-15-4-5-20-21(7-15)31-14-30-20)11-19(10-16)33-24(38)34-23-13-36(35-39-23)12-17-3-1-2-6-29-17/h1-7,9-11,13-14H,8,12H2,(H3-,30,31,32,33,34,35,37,38)/p+1. The van der Waals surface area contributed by atoms with Gasteiger partial charge in [-0.05, 0) is 52.7 Å². The van der Waals surface area contributed by atoms with Crippen molar-refractivity contribution in [3.05, 3.63) is 90.1 Å². The molecule has 0 spiro atoms. The van der Waals surface area contributed by atoms with Gasteiger partial charge in [0.25, 0.3) is 6.20 Å². The summed E-state index contributed by atoms with van der Waals surface area (Å²) < 4.78 is 47.0. The second kappa shape index (κ2) is 10.6. The van der Waals surface area contributed by atoms with Gasteiger partial charge in [0.15, 0.2) is 0 Å². The van der Waals surface area contributed by atoms with Gasteiger partial charge >= 0.3 is 18.1 Å². The van der Waals surface area contributed by atoms with Gasteiger partial charge in [-0.3, -0.25) is 19.6 Å². The smallest absolute Gasteiger partial charge is 0.345 e. The van der Waals surface area contributed by atoms with Crippen molar-refractivity contribution in [2.45, 2.75) is 19.1 Å². The summed E-state index contributed by atoms with van der Waals surface area (Å²) in [7, 11) is 0. The van der Waals surface area contributed by atoms with Crippen LogP contribution in [0.4, 0.5) is 35.2 Å². The Hall–Kier alpha value is -5.27. The third kappa shape index (κ3) is 6.54. The highest BCUT2D eigenvalue weighted by atomic mass is 19.4. The molecule has 0 bridgehead atoms. The molecule has 5 rings (SSSR count). The summed E-state index contributed by atoms with van der Waals surface area (Å²) in [5.74, 6) is -0.583. The number of pyridine rings is 1. The lowest BCUT2D eigenvalue weighted by atomic mass is 10.1. The molecule has 0 fully saturated rings. The molecule has 198 valence electrons. The minimum absolute atomic E-state index is 0.0434. The fourth-order valence-electron chi connectivity index (χ4n) is 3.76. The molecule has 2 aromatic carbocycles. The number of imidazole rings is 1. The van der Waals surface area contributed by atoms with Crippen molar-refractivity contribution >= 4 is 40.2 Å². The highest BCUT2D eigenvalue weighted by Gasteiger charge is 2.31. The number of hydrogen-bond donors (Lipinski definition) is 4. The average molecular weight is 537 g/mol. The minimum Gasteiger partial charge on any atom is -0.345 e. The number of rotatable bonds is 7. The van der Waals surface area contributed by atoms with Crippen LogP contribution in [0.25, 0.3) is 11.0 Å². The Morgan fingerprint density at radius 1 is 0.974 bits per heavy atom. The van der Waals surface area contributed by atoms with Gasteiger partial charge in [-0.2, -0.15) is 13.2 Å². The van der Waals surface area contributed by atoms with Gasteiger partial charge in [0.05, 0.1) is 29.3 Å². The molecule has 0 aliphatic rings. The maximum absolute atomic E-state index is 13.5. The third-order valence-corrected chi connectivity index (χ3v) is 5.45. The molecule has 0 aliphatic heterocycles. The molecule has 5 aromatic rings.